The van der Waals surface area contributed by atoms with Gasteiger partial charge in [0.05, 0.1) is 0 Å². The number of hydrogen-bond acceptors (Lipinski definition) is 2. The Morgan fingerprint density at radius 3 is 2.10 bits per heavy atom. The molecule has 4 nitrogen and oxygen atoms in total. The van der Waals surface area contributed by atoms with Crippen molar-refractivity contribution >= 4 is 11.7 Å². The van der Waals surface area contributed by atoms with Gasteiger partial charge in [0.2, 0.25) is 0 Å². The zero-order valence-corrected chi connectivity index (χ0v) is 12.4. The lowest BCUT2D eigenvalue weighted by Gasteiger charge is -2.19. The predicted octanol–water partition coefficient (Wildman–Crippen LogP) is 4.35. The predicted molar refractivity (Wildman–Crippen MR) is 84.9 cm³/mol. The van der Waals surface area contributed by atoms with Crippen LogP contribution in [0.2, 0.25) is 0 Å². The molecule has 21 heavy (non-hydrogen) atoms. The van der Waals surface area contributed by atoms with Crippen LogP contribution in [0.25, 0.3) is 0 Å². The molecule has 0 saturated carbocycles. The third-order valence-corrected chi connectivity index (χ3v) is 3.14. The van der Waals surface area contributed by atoms with Crippen LogP contribution in [0, 0.1) is 0 Å². The first-order chi connectivity index (χ1) is 10.2. The van der Waals surface area contributed by atoms with Crippen molar-refractivity contribution < 1.29 is 9.53 Å². The molecule has 0 aliphatic rings. The number of rotatable bonds is 5. The second-order valence-electron chi connectivity index (χ2n) is 4.54. The number of nitrogens with zero attached hydrogens (tertiary/aromatic N) is 1. The van der Waals surface area contributed by atoms with Crippen molar-refractivity contribution in [2.75, 3.05) is 18.4 Å². The van der Waals surface area contributed by atoms with E-state index < -0.39 is 0 Å². The first kappa shape index (κ1) is 14.9. The van der Waals surface area contributed by atoms with Crippen molar-refractivity contribution in [3.63, 3.8) is 0 Å². The van der Waals surface area contributed by atoms with Crippen LogP contribution in [0.1, 0.15) is 13.8 Å². The van der Waals surface area contributed by atoms with Crippen molar-refractivity contribution in [3.05, 3.63) is 54.6 Å². The lowest BCUT2D eigenvalue weighted by atomic mass is 10.3. The molecule has 110 valence electrons. The van der Waals surface area contributed by atoms with Crippen LogP contribution < -0.4 is 10.1 Å². The number of carbonyl (C=O) groups excluding carboxylic acids is 1. The summed E-state index contributed by atoms with van der Waals surface area (Å²) in [5.74, 6) is 1.53. The summed E-state index contributed by atoms with van der Waals surface area (Å²) in [7, 11) is 0. The number of benzene rings is 2. The second-order valence-corrected chi connectivity index (χ2v) is 4.54. The van der Waals surface area contributed by atoms with Gasteiger partial charge in [0.15, 0.2) is 0 Å². The number of nitrogens with one attached hydrogen (secondary N) is 1. The zero-order valence-electron chi connectivity index (χ0n) is 12.4. The van der Waals surface area contributed by atoms with E-state index in [1.807, 2.05) is 68.4 Å². The first-order valence-electron chi connectivity index (χ1n) is 7.11. The first-order valence-corrected chi connectivity index (χ1v) is 7.11. The molecular weight excluding hydrogens is 264 g/mol. The van der Waals surface area contributed by atoms with E-state index in [-0.39, 0.29) is 6.03 Å². The summed E-state index contributed by atoms with van der Waals surface area (Å²) in [4.78, 5) is 13.7. The monoisotopic (exact) mass is 284 g/mol. The Labute approximate surface area is 125 Å². The fraction of sp³-hybridized carbons (Fsp3) is 0.235. The molecule has 0 heterocycles. The van der Waals surface area contributed by atoms with E-state index in [1.54, 1.807) is 4.90 Å². The highest BCUT2D eigenvalue weighted by Gasteiger charge is 2.09. The number of anilines is 1. The number of ether oxygens (including phenoxy) is 1. The maximum Gasteiger partial charge on any atom is 0.321 e. The van der Waals surface area contributed by atoms with E-state index in [4.69, 9.17) is 4.74 Å². The van der Waals surface area contributed by atoms with Crippen LogP contribution in [0.5, 0.6) is 11.5 Å². The number of hydrogen-bond donors (Lipinski definition) is 1. The SMILES string of the molecule is CCN(CC)C(=O)Nc1ccc(Oc2ccccc2)cc1. The van der Waals surface area contributed by atoms with Crippen LogP contribution in [-0.2, 0) is 0 Å². The summed E-state index contributed by atoms with van der Waals surface area (Å²) in [5.41, 5.74) is 0.757. The smallest absolute Gasteiger partial charge is 0.321 e. The maximum atomic E-state index is 11.9. The molecule has 0 atom stereocenters. The summed E-state index contributed by atoms with van der Waals surface area (Å²) in [5, 5.41) is 2.87. The Balaban J connectivity index is 1.97. The molecule has 0 bridgehead atoms. The standard InChI is InChI=1S/C17H20N2O2/c1-3-19(4-2)17(20)18-14-10-12-16(13-11-14)21-15-8-6-5-7-9-15/h5-13H,3-4H2,1-2H3,(H,18,20). The van der Waals surface area contributed by atoms with E-state index in [9.17, 15) is 4.79 Å². The number of para-hydroxylation sites is 1. The molecule has 0 aliphatic heterocycles. The summed E-state index contributed by atoms with van der Waals surface area (Å²) < 4.78 is 5.70. The highest BCUT2D eigenvalue weighted by atomic mass is 16.5. The molecular formula is C17H20N2O2. The quantitative estimate of drug-likeness (QED) is 0.886. The van der Waals surface area contributed by atoms with Gasteiger partial charge in [-0.3, -0.25) is 0 Å². The van der Waals surface area contributed by atoms with Crippen LogP contribution in [-0.4, -0.2) is 24.0 Å². The van der Waals surface area contributed by atoms with E-state index >= 15 is 0 Å². The minimum atomic E-state index is -0.0864. The van der Waals surface area contributed by atoms with E-state index in [0.717, 1.165) is 17.2 Å². The van der Waals surface area contributed by atoms with Gasteiger partial charge in [-0.2, -0.15) is 0 Å². The molecule has 0 aliphatic carbocycles. The lowest BCUT2D eigenvalue weighted by Crippen LogP contribution is -2.34. The van der Waals surface area contributed by atoms with Gasteiger partial charge in [0.1, 0.15) is 11.5 Å². The minimum absolute atomic E-state index is 0.0864. The Morgan fingerprint density at radius 2 is 1.52 bits per heavy atom. The molecule has 4 heteroatoms. The van der Waals surface area contributed by atoms with Gasteiger partial charge >= 0.3 is 6.03 Å². The third kappa shape index (κ3) is 4.24. The van der Waals surface area contributed by atoms with Crippen molar-refractivity contribution in [2.24, 2.45) is 0 Å². The van der Waals surface area contributed by atoms with Gasteiger partial charge in [-0.1, -0.05) is 18.2 Å². The average Bonchev–Trinajstić information content (AvgIpc) is 2.51. The highest BCUT2D eigenvalue weighted by molar-refractivity contribution is 5.89. The van der Waals surface area contributed by atoms with Crippen LogP contribution in [0.15, 0.2) is 54.6 Å². The van der Waals surface area contributed by atoms with Crippen molar-refractivity contribution in [1.29, 1.82) is 0 Å². The molecule has 1 N–H and O–H groups in total. The largest absolute Gasteiger partial charge is 0.457 e. The van der Waals surface area contributed by atoms with Crippen molar-refractivity contribution in [2.45, 2.75) is 13.8 Å². The molecule has 0 aromatic heterocycles. The zero-order chi connectivity index (χ0) is 15.1. The van der Waals surface area contributed by atoms with Gasteiger partial charge in [-0.05, 0) is 50.2 Å². The van der Waals surface area contributed by atoms with Crippen LogP contribution >= 0.6 is 0 Å². The highest BCUT2D eigenvalue weighted by Crippen LogP contribution is 2.22. The van der Waals surface area contributed by atoms with Crippen LogP contribution in [0.4, 0.5) is 10.5 Å². The Bertz CT molecular complexity index is 563. The summed E-state index contributed by atoms with van der Waals surface area (Å²) in [6.45, 7) is 5.30. The Hall–Kier alpha value is -2.49. The second kappa shape index (κ2) is 7.33. The molecule has 0 unspecified atom stereocenters. The lowest BCUT2D eigenvalue weighted by molar-refractivity contribution is 0.217. The van der Waals surface area contributed by atoms with E-state index in [0.29, 0.717) is 13.1 Å². The average molecular weight is 284 g/mol. The molecule has 2 aromatic carbocycles. The van der Waals surface area contributed by atoms with Crippen molar-refractivity contribution in [1.82, 2.24) is 4.90 Å². The Kier molecular flexibility index (Phi) is 5.21. The van der Waals surface area contributed by atoms with Crippen LogP contribution in [0.3, 0.4) is 0 Å². The van der Waals surface area contributed by atoms with Gasteiger partial charge in [0, 0.05) is 18.8 Å². The molecule has 0 saturated heterocycles. The van der Waals surface area contributed by atoms with Gasteiger partial charge in [-0.15, -0.1) is 0 Å². The molecule has 2 amide bonds. The van der Waals surface area contributed by atoms with Gasteiger partial charge < -0.3 is 15.0 Å². The van der Waals surface area contributed by atoms with E-state index in [2.05, 4.69) is 5.32 Å². The third-order valence-electron chi connectivity index (χ3n) is 3.14. The Morgan fingerprint density at radius 1 is 0.952 bits per heavy atom. The van der Waals surface area contributed by atoms with Gasteiger partial charge in [-0.25, -0.2) is 4.79 Å². The van der Waals surface area contributed by atoms with E-state index in [1.165, 1.54) is 0 Å². The molecule has 0 fully saturated rings. The fourth-order valence-corrected chi connectivity index (χ4v) is 1.94. The summed E-state index contributed by atoms with van der Waals surface area (Å²) in [6, 6.07) is 16.8. The number of carbonyl (C=O) groups is 1. The summed E-state index contributed by atoms with van der Waals surface area (Å²) in [6.07, 6.45) is 0. The van der Waals surface area contributed by atoms with Gasteiger partial charge in [0.25, 0.3) is 0 Å². The molecule has 2 aromatic rings. The fourth-order valence-electron chi connectivity index (χ4n) is 1.94. The van der Waals surface area contributed by atoms with Crippen molar-refractivity contribution in [3.8, 4) is 11.5 Å². The molecule has 2 rings (SSSR count). The number of urea groups is 1. The number of amides is 2. The minimum Gasteiger partial charge on any atom is -0.457 e. The summed E-state index contributed by atoms with van der Waals surface area (Å²) >= 11 is 0. The molecule has 0 radical (unpaired) electrons. The normalized spacial score (nSPS) is 10.0. The molecule has 0 spiro atoms. The topological polar surface area (TPSA) is 41.6 Å². The maximum absolute atomic E-state index is 11.9.